The van der Waals surface area contributed by atoms with Crippen LogP contribution in [0.3, 0.4) is 0 Å². The maximum absolute atomic E-state index is 8.56. The van der Waals surface area contributed by atoms with Crippen molar-refractivity contribution in [1.29, 1.82) is 5.26 Å². The third-order valence-corrected chi connectivity index (χ3v) is 1.89. The van der Waals surface area contributed by atoms with E-state index in [0.29, 0.717) is 5.92 Å². The number of allylic oxidation sites excluding steroid dienone is 2. The van der Waals surface area contributed by atoms with Crippen molar-refractivity contribution in [2.24, 2.45) is 11.8 Å². The van der Waals surface area contributed by atoms with E-state index in [-0.39, 0.29) is 5.92 Å². The van der Waals surface area contributed by atoms with Crippen molar-refractivity contribution in [3.63, 3.8) is 0 Å². The van der Waals surface area contributed by atoms with Gasteiger partial charge in [0.15, 0.2) is 0 Å². The zero-order valence-corrected chi connectivity index (χ0v) is 5.67. The van der Waals surface area contributed by atoms with Crippen LogP contribution < -0.4 is 0 Å². The average Bonchev–Trinajstić information content (AvgIpc) is 1.89. The predicted octanol–water partition coefficient (Wildman–Crippen LogP) is 2.11. The lowest BCUT2D eigenvalue weighted by molar-refractivity contribution is 0.454. The lowest BCUT2D eigenvalue weighted by Gasteiger charge is -2.16. The van der Waals surface area contributed by atoms with E-state index in [2.05, 4.69) is 19.1 Å². The number of rotatable bonds is 0. The van der Waals surface area contributed by atoms with E-state index >= 15 is 0 Å². The Morgan fingerprint density at radius 1 is 1.67 bits per heavy atom. The van der Waals surface area contributed by atoms with E-state index in [1.54, 1.807) is 0 Å². The Bertz CT molecular complexity index is 152. The van der Waals surface area contributed by atoms with Gasteiger partial charge in [-0.15, -0.1) is 0 Å². The molecule has 1 rings (SSSR count). The third kappa shape index (κ3) is 1.32. The smallest absolute Gasteiger partial charge is 0.0700 e. The van der Waals surface area contributed by atoms with Gasteiger partial charge in [-0.1, -0.05) is 19.1 Å². The molecule has 0 unspecified atom stereocenters. The topological polar surface area (TPSA) is 23.8 Å². The first-order valence-corrected chi connectivity index (χ1v) is 3.41. The largest absolute Gasteiger partial charge is 0.198 e. The molecule has 0 fully saturated rings. The van der Waals surface area contributed by atoms with Gasteiger partial charge in [0.05, 0.1) is 12.0 Å². The Labute approximate surface area is 56.0 Å². The molecule has 1 nitrogen and oxygen atoms in total. The van der Waals surface area contributed by atoms with E-state index in [1.165, 1.54) is 6.42 Å². The summed E-state index contributed by atoms with van der Waals surface area (Å²) in [4.78, 5) is 0. The van der Waals surface area contributed by atoms with Crippen LogP contribution in [0.4, 0.5) is 0 Å². The Morgan fingerprint density at radius 3 is 2.89 bits per heavy atom. The average molecular weight is 121 g/mol. The molecular formula is C8H11N. The Hall–Kier alpha value is -0.770. The standard InChI is InChI=1S/C8H11N/c1-7-4-2-3-5-8(7)6-9/h3,5,7-8H,2,4H2,1H3/t7-,8+/m1/s1. The molecule has 0 N–H and O–H groups in total. The van der Waals surface area contributed by atoms with Gasteiger partial charge < -0.3 is 0 Å². The summed E-state index contributed by atoms with van der Waals surface area (Å²) >= 11 is 0. The van der Waals surface area contributed by atoms with Crippen LogP contribution in [0.1, 0.15) is 19.8 Å². The van der Waals surface area contributed by atoms with Gasteiger partial charge in [-0.2, -0.15) is 5.26 Å². The highest BCUT2D eigenvalue weighted by Gasteiger charge is 2.15. The molecule has 0 aromatic carbocycles. The third-order valence-electron chi connectivity index (χ3n) is 1.89. The van der Waals surface area contributed by atoms with Crippen molar-refractivity contribution in [2.45, 2.75) is 19.8 Å². The summed E-state index contributed by atoms with van der Waals surface area (Å²) in [5, 5.41) is 8.56. The molecule has 0 radical (unpaired) electrons. The quantitative estimate of drug-likeness (QED) is 0.450. The van der Waals surface area contributed by atoms with Crippen LogP contribution in [0.15, 0.2) is 12.2 Å². The van der Waals surface area contributed by atoms with Crippen LogP contribution in [-0.4, -0.2) is 0 Å². The second kappa shape index (κ2) is 2.68. The van der Waals surface area contributed by atoms with Crippen LogP contribution in [0.2, 0.25) is 0 Å². The molecule has 48 valence electrons. The second-order valence-electron chi connectivity index (χ2n) is 2.64. The van der Waals surface area contributed by atoms with Gasteiger partial charge >= 0.3 is 0 Å². The van der Waals surface area contributed by atoms with Crippen LogP contribution in [0.25, 0.3) is 0 Å². The van der Waals surface area contributed by atoms with E-state index in [1.807, 2.05) is 6.08 Å². The molecule has 1 aliphatic carbocycles. The Morgan fingerprint density at radius 2 is 2.44 bits per heavy atom. The van der Waals surface area contributed by atoms with Crippen LogP contribution >= 0.6 is 0 Å². The summed E-state index contributed by atoms with van der Waals surface area (Å²) in [6.45, 7) is 2.14. The molecule has 0 bridgehead atoms. The van der Waals surface area contributed by atoms with Crippen LogP contribution in [-0.2, 0) is 0 Å². The van der Waals surface area contributed by atoms with Gasteiger partial charge in [-0.3, -0.25) is 0 Å². The molecule has 1 heteroatoms. The number of nitrogens with zero attached hydrogens (tertiary/aromatic N) is 1. The molecule has 0 spiro atoms. The fourth-order valence-electron chi connectivity index (χ4n) is 1.14. The van der Waals surface area contributed by atoms with Crippen molar-refractivity contribution in [2.75, 3.05) is 0 Å². The highest BCUT2D eigenvalue weighted by atomic mass is 14.3. The molecule has 0 aliphatic heterocycles. The summed E-state index contributed by atoms with van der Waals surface area (Å²) in [7, 11) is 0. The fourth-order valence-corrected chi connectivity index (χ4v) is 1.14. The van der Waals surface area contributed by atoms with Crippen molar-refractivity contribution >= 4 is 0 Å². The van der Waals surface area contributed by atoms with Gasteiger partial charge in [0.1, 0.15) is 0 Å². The van der Waals surface area contributed by atoms with Gasteiger partial charge in [-0.25, -0.2) is 0 Å². The van der Waals surface area contributed by atoms with Gasteiger partial charge in [0.2, 0.25) is 0 Å². The highest BCUT2D eigenvalue weighted by Crippen LogP contribution is 2.22. The zero-order chi connectivity index (χ0) is 6.69. The highest BCUT2D eigenvalue weighted by molar-refractivity contribution is 5.05. The van der Waals surface area contributed by atoms with E-state index in [9.17, 15) is 0 Å². The van der Waals surface area contributed by atoms with E-state index in [4.69, 9.17) is 5.26 Å². The minimum absolute atomic E-state index is 0.179. The van der Waals surface area contributed by atoms with Crippen molar-refractivity contribution in [3.05, 3.63) is 12.2 Å². The number of nitriles is 1. The molecule has 0 aromatic heterocycles. The number of hydrogen-bond acceptors (Lipinski definition) is 1. The first-order valence-electron chi connectivity index (χ1n) is 3.41. The predicted molar refractivity (Wildman–Crippen MR) is 36.6 cm³/mol. The maximum Gasteiger partial charge on any atom is 0.0700 e. The van der Waals surface area contributed by atoms with Crippen LogP contribution in [0.5, 0.6) is 0 Å². The summed E-state index contributed by atoms with van der Waals surface area (Å²) in [5.41, 5.74) is 0. The fraction of sp³-hybridized carbons (Fsp3) is 0.625. The van der Waals surface area contributed by atoms with Crippen molar-refractivity contribution in [1.82, 2.24) is 0 Å². The second-order valence-corrected chi connectivity index (χ2v) is 2.64. The molecular weight excluding hydrogens is 110 g/mol. The summed E-state index contributed by atoms with van der Waals surface area (Å²) in [5.74, 6) is 0.749. The van der Waals surface area contributed by atoms with Gasteiger partial charge in [0, 0.05) is 0 Å². The van der Waals surface area contributed by atoms with Gasteiger partial charge in [0.25, 0.3) is 0 Å². The number of hydrogen-bond donors (Lipinski definition) is 0. The molecule has 1 aliphatic rings. The maximum atomic E-state index is 8.56. The molecule has 0 aromatic rings. The monoisotopic (exact) mass is 121 g/mol. The van der Waals surface area contributed by atoms with Crippen LogP contribution in [0, 0.1) is 23.2 Å². The summed E-state index contributed by atoms with van der Waals surface area (Å²) < 4.78 is 0. The van der Waals surface area contributed by atoms with Crippen molar-refractivity contribution in [3.8, 4) is 6.07 Å². The van der Waals surface area contributed by atoms with E-state index < -0.39 is 0 Å². The molecule has 9 heavy (non-hydrogen) atoms. The SMILES string of the molecule is C[C@@H]1CCC=C[C@H]1C#N. The molecule has 0 heterocycles. The van der Waals surface area contributed by atoms with Crippen molar-refractivity contribution < 1.29 is 0 Å². The first kappa shape index (κ1) is 6.35. The molecule has 0 saturated heterocycles. The minimum atomic E-state index is 0.179. The molecule has 0 saturated carbocycles. The Kier molecular flexibility index (Phi) is 1.89. The lowest BCUT2D eigenvalue weighted by atomic mass is 9.87. The normalized spacial score (nSPS) is 33.8. The Balaban J connectivity index is 2.59. The first-order chi connectivity index (χ1) is 4.34. The van der Waals surface area contributed by atoms with E-state index in [0.717, 1.165) is 6.42 Å². The summed E-state index contributed by atoms with van der Waals surface area (Å²) in [6.07, 6.45) is 6.45. The molecule has 0 amide bonds. The summed E-state index contributed by atoms with van der Waals surface area (Å²) in [6, 6.07) is 2.27. The van der Waals surface area contributed by atoms with Gasteiger partial charge in [-0.05, 0) is 18.8 Å². The minimum Gasteiger partial charge on any atom is -0.198 e. The molecule has 2 atom stereocenters. The zero-order valence-electron chi connectivity index (χ0n) is 5.67. The lowest BCUT2D eigenvalue weighted by Crippen LogP contribution is -2.09.